The summed E-state index contributed by atoms with van der Waals surface area (Å²) >= 11 is 0. The van der Waals surface area contributed by atoms with Gasteiger partial charge in [-0.05, 0) is 31.6 Å². The van der Waals surface area contributed by atoms with E-state index in [4.69, 9.17) is 0 Å². The molecule has 5 nitrogen and oxygen atoms in total. The monoisotopic (exact) mass is 298 g/mol. The fourth-order valence-corrected chi connectivity index (χ4v) is 3.14. The van der Waals surface area contributed by atoms with Crippen molar-refractivity contribution in [3.63, 3.8) is 0 Å². The fraction of sp³-hybridized carbons (Fsp3) is 0.875. The Balaban J connectivity index is 2.67. The van der Waals surface area contributed by atoms with Gasteiger partial charge in [-0.25, -0.2) is 9.59 Å². The van der Waals surface area contributed by atoms with Crippen LogP contribution in [0.2, 0.25) is 0 Å². The minimum atomic E-state index is -0.891. The molecule has 0 radical (unpaired) electrons. The van der Waals surface area contributed by atoms with Crippen LogP contribution in [-0.4, -0.2) is 40.6 Å². The number of nitrogens with one attached hydrogen (secondary N) is 1. The first-order chi connectivity index (χ1) is 10.0. The molecule has 0 aromatic rings. The SMILES string of the molecule is CCCCC(CCC)NC(=O)N1CCCC(C)C1C(=O)O. The number of carboxylic acid groups (broad SMARTS) is 1. The Morgan fingerprint density at radius 1 is 1.29 bits per heavy atom. The second-order valence-corrected chi connectivity index (χ2v) is 6.17. The molecule has 0 spiro atoms. The molecule has 122 valence electrons. The van der Waals surface area contributed by atoms with E-state index >= 15 is 0 Å². The topological polar surface area (TPSA) is 69.6 Å². The van der Waals surface area contributed by atoms with E-state index in [1.54, 1.807) is 0 Å². The van der Waals surface area contributed by atoms with Crippen LogP contribution in [0.15, 0.2) is 0 Å². The zero-order valence-electron chi connectivity index (χ0n) is 13.6. The molecule has 0 aromatic carbocycles. The first-order valence-corrected chi connectivity index (χ1v) is 8.31. The first-order valence-electron chi connectivity index (χ1n) is 8.31. The summed E-state index contributed by atoms with van der Waals surface area (Å²) in [5, 5.41) is 12.4. The van der Waals surface area contributed by atoms with Crippen LogP contribution in [0.25, 0.3) is 0 Å². The molecule has 1 saturated heterocycles. The second-order valence-electron chi connectivity index (χ2n) is 6.17. The van der Waals surface area contributed by atoms with Crippen molar-refractivity contribution in [2.45, 2.75) is 77.8 Å². The molecular formula is C16H30N2O3. The molecule has 2 N–H and O–H groups in total. The maximum atomic E-state index is 12.5. The van der Waals surface area contributed by atoms with Gasteiger partial charge in [-0.1, -0.05) is 40.0 Å². The Bertz CT molecular complexity index is 346. The third-order valence-corrected chi connectivity index (χ3v) is 4.32. The third kappa shape index (κ3) is 5.21. The van der Waals surface area contributed by atoms with Crippen LogP contribution < -0.4 is 5.32 Å². The number of nitrogens with zero attached hydrogens (tertiary/aromatic N) is 1. The normalized spacial score (nSPS) is 23.7. The molecule has 5 heteroatoms. The molecule has 3 unspecified atom stereocenters. The highest BCUT2D eigenvalue weighted by atomic mass is 16.4. The van der Waals surface area contributed by atoms with Gasteiger partial charge in [-0.15, -0.1) is 0 Å². The molecule has 0 saturated carbocycles. The number of amides is 2. The lowest BCUT2D eigenvalue weighted by atomic mass is 9.91. The van der Waals surface area contributed by atoms with Crippen molar-refractivity contribution >= 4 is 12.0 Å². The van der Waals surface area contributed by atoms with Crippen molar-refractivity contribution in [2.75, 3.05) is 6.54 Å². The van der Waals surface area contributed by atoms with E-state index in [0.29, 0.717) is 6.54 Å². The predicted octanol–water partition coefficient (Wildman–Crippen LogP) is 3.24. The number of carbonyl (C=O) groups excluding carboxylic acids is 1. The number of urea groups is 1. The van der Waals surface area contributed by atoms with Crippen LogP contribution in [0, 0.1) is 5.92 Å². The quantitative estimate of drug-likeness (QED) is 0.758. The van der Waals surface area contributed by atoms with E-state index in [0.717, 1.165) is 44.9 Å². The summed E-state index contributed by atoms with van der Waals surface area (Å²) in [5.74, 6) is -0.875. The molecule has 2 amide bonds. The Morgan fingerprint density at radius 2 is 2.00 bits per heavy atom. The van der Waals surface area contributed by atoms with Gasteiger partial charge in [-0.2, -0.15) is 0 Å². The third-order valence-electron chi connectivity index (χ3n) is 4.32. The van der Waals surface area contributed by atoms with Gasteiger partial charge in [0, 0.05) is 12.6 Å². The summed E-state index contributed by atoms with van der Waals surface area (Å²) < 4.78 is 0. The Hall–Kier alpha value is -1.26. The van der Waals surface area contributed by atoms with Gasteiger partial charge in [0.25, 0.3) is 0 Å². The van der Waals surface area contributed by atoms with Crippen molar-refractivity contribution in [3.8, 4) is 0 Å². The van der Waals surface area contributed by atoms with Crippen LogP contribution in [0.3, 0.4) is 0 Å². The lowest BCUT2D eigenvalue weighted by Crippen LogP contribution is -2.56. The molecule has 1 heterocycles. The maximum absolute atomic E-state index is 12.5. The molecule has 1 aliphatic rings. The molecule has 0 bridgehead atoms. The highest BCUT2D eigenvalue weighted by Crippen LogP contribution is 2.24. The average molecular weight is 298 g/mol. The van der Waals surface area contributed by atoms with Crippen LogP contribution in [0.4, 0.5) is 4.79 Å². The van der Waals surface area contributed by atoms with E-state index in [1.807, 2.05) is 6.92 Å². The van der Waals surface area contributed by atoms with Gasteiger partial charge in [0.2, 0.25) is 0 Å². The van der Waals surface area contributed by atoms with Crippen molar-refractivity contribution in [1.82, 2.24) is 10.2 Å². The number of hydrogen-bond acceptors (Lipinski definition) is 2. The van der Waals surface area contributed by atoms with Crippen molar-refractivity contribution in [1.29, 1.82) is 0 Å². The number of hydrogen-bond donors (Lipinski definition) is 2. The molecule has 1 rings (SSSR count). The summed E-state index contributed by atoms with van der Waals surface area (Å²) in [5.41, 5.74) is 0. The van der Waals surface area contributed by atoms with E-state index in [2.05, 4.69) is 19.2 Å². The van der Waals surface area contributed by atoms with Gasteiger partial charge in [0.05, 0.1) is 0 Å². The Labute approximate surface area is 128 Å². The molecule has 3 atom stereocenters. The van der Waals surface area contributed by atoms with Crippen LogP contribution >= 0.6 is 0 Å². The summed E-state index contributed by atoms with van der Waals surface area (Å²) in [7, 11) is 0. The summed E-state index contributed by atoms with van der Waals surface area (Å²) in [6.45, 7) is 6.70. The summed E-state index contributed by atoms with van der Waals surface area (Å²) in [6, 6.07) is -0.732. The smallest absolute Gasteiger partial charge is 0.326 e. The standard InChI is InChI=1S/C16H30N2O3/c1-4-6-10-13(8-5-2)17-16(21)18-11-7-9-12(3)14(18)15(19)20/h12-14H,4-11H2,1-3H3,(H,17,21)(H,19,20). The average Bonchev–Trinajstić information content (AvgIpc) is 2.44. The van der Waals surface area contributed by atoms with Crippen LogP contribution in [0.1, 0.15) is 65.7 Å². The highest BCUT2D eigenvalue weighted by molar-refractivity contribution is 5.83. The molecule has 1 aliphatic heterocycles. The maximum Gasteiger partial charge on any atom is 0.326 e. The largest absolute Gasteiger partial charge is 0.480 e. The minimum absolute atomic E-state index is 0.0160. The number of unbranched alkanes of at least 4 members (excludes halogenated alkanes) is 1. The molecule has 0 aliphatic carbocycles. The zero-order valence-corrected chi connectivity index (χ0v) is 13.6. The van der Waals surface area contributed by atoms with Crippen molar-refractivity contribution < 1.29 is 14.7 Å². The van der Waals surface area contributed by atoms with E-state index in [9.17, 15) is 14.7 Å². The Kier molecular flexibility index (Phi) is 7.54. The van der Waals surface area contributed by atoms with Gasteiger partial charge in [0.15, 0.2) is 0 Å². The van der Waals surface area contributed by atoms with Gasteiger partial charge < -0.3 is 15.3 Å². The van der Waals surface area contributed by atoms with Gasteiger partial charge in [-0.3, -0.25) is 0 Å². The van der Waals surface area contributed by atoms with E-state index in [-0.39, 0.29) is 18.0 Å². The number of rotatable bonds is 7. The molecular weight excluding hydrogens is 268 g/mol. The number of likely N-dealkylation sites (tertiary alicyclic amines) is 1. The first kappa shape index (κ1) is 17.8. The van der Waals surface area contributed by atoms with Crippen LogP contribution in [-0.2, 0) is 4.79 Å². The summed E-state index contributed by atoms with van der Waals surface area (Å²) in [6.07, 6.45) is 6.89. The minimum Gasteiger partial charge on any atom is -0.480 e. The second kappa shape index (κ2) is 8.90. The zero-order chi connectivity index (χ0) is 15.8. The molecule has 0 aromatic heterocycles. The van der Waals surface area contributed by atoms with Gasteiger partial charge >= 0.3 is 12.0 Å². The number of carbonyl (C=O) groups is 2. The highest BCUT2D eigenvalue weighted by Gasteiger charge is 2.37. The van der Waals surface area contributed by atoms with Crippen molar-refractivity contribution in [2.24, 2.45) is 5.92 Å². The van der Waals surface area contributed by atoms with Crippen LogP contribution in [0.5, 0.6) is 0 Å². The van der Waals surface area contributed by atoms with E-state index < -0.39 is 12.0 Å². The summed E-state index contributed by atoms with van der Waals surface area (Å²) in [4.78, 5) is 25.4. The Morgan fingerprint density at radius 3 is 2.57 bits per heavy atom. The molecule has 1 fully saturated rings. The van der Waals surface area contributed by atoms with Gasteiger partial charge in [0.1, 0.15) is 6.04 Å². The van der Waals surface area contributed by atoms with E-state index in [1.165, 1.54) is 4.90 Å². The van der Waals surface area contributed by atoms with Crippen molar-refractivity contribution in [3.05, 3.63) is 0 Å². The lowest BCUT2D eigenvalue weighted by molar-refractivity contribution is -0.145. The predicted molar refractivity (Wildman–Crippen MR) is 83.3 cm³/mol. The number of carboxylic acids is 1. The number of piperidine rings is 1. The fourth-order valence-electron chi connectivity index (χ4n) is 3.14. The number of aliphatic carboxylic acids is 1. The molecule has 21 heavy (non-hydrogen) atoms. The lowest BCUT2D eigenvalue weighted by Gasteiger charge is -2.38.